The minimum atomic E-state index is -0.108. The summed E-state index contributed by atoms with van der Waals surface area (Å²) in [5, 5.41) is 13.6. The van der Waals surface area contributed by atoms with Crippen molar-refractivity contribution in [2.24, 2.45) is 0 Å². The van der Waals surface area contributed by atoms with Gasteiger partial charge in [0.15, 0.2) is 0 Å². The van der Waals surface area contributed by atoms with Crippen LogP contribution in [0.15, 0.2) is 0 Å². The number of hydrogen-bond donors (Lipinski definition) is 2. The van der Waals surface area contributed by atoms with Crippen LogP contribution in [0.4, 0.5) is 0 Å². The predicted octanol–water partition coefficient (Wildman–Crippen LogP) is 1.36. The first-order valence-corrected chi connectivity index (χ1v) is 6.81. The predicted molar refractivity (Wildman–Crippen MR) is 66.5 cm³/mol. The molecule has 16 heavy (non-hydrogen) atoms. The number of piperidine rings is 1. The van der Waals surface area contributed by atoms with E-state index in [1.54, 1.807) is 0 Å². The third-order valence-electron chi connectivity index (χ3n) is 4.39. The highest BCUT2D eigenvalue weighted by molar-refractivity contribution is 4.87. The van der Waals surface area contributed by atoms with Gasteiger partial charge in [-0.05, 0) is 46.2 Å². The summed E-state index contributed by atoms with van der Waals surface area (Å²) in [5.41, 5.74) is 0. The van der Waals surface area contributed by atoms with E-state index in [-0.39, 0.29) is 6.10 Å². The summed E-state index contributed by atoms with van der Waals surface area (Å²) in [4.78, 5) is 2.43. The molecule has 1 aliphatic carbocycles. The van der Waals surface area contributed by atoms with Crippen LogP contribution in [-0.4, -0.2) is 47.8 Å². The fourth-order valence-electron chi connectivity index (χ4n) is 3.05. The van der Waals surface area contributed by atoms with Crippen LogP contribution < -0.4 is 5.32 Å². The lowest BCUT2D eigenvalue weighted by atomic mass is 9.90. The van der Waals surface area contributed by atoms with E-state index in [9.17, 15) is 5.11 Å². The summed E-state index contributed by atoms with van der Waals surface area (Å²) in [6, 6.07) is 1.64. The van der Waals surface area contributed by atoms with E-state index in [4.69, 9.17) is 0 Å². The second kappa shape index (κ2) is 5.48. The maximum absolute atomic E-state index is 9.94. The van der Waals surface area contributed by atoms with E-state index >= 15 is 0 Å². The number of hydrogen-bond acceptors (Lipinski definition) is 3. The van der Waals surface area contributed by atoms with Gasteiger partial charge in [0.1, 0.15) is 0 Å². The summed E-state index contributed by atoms with van der Waals surface area (Å²) in [7, 11) is 2.20. The maximum Gasteiger partial charge on any atom is 0.0693 e. The molecule has 0 bridgehead atoms. The number of nitrogens with one attached hydrogen (secondary N) is 1. The fourth-order valence-corrected chi connectivity index (χ4v) is 3.05. The molecule has 1 saturated carbocycles. The lowest BCUT2D eigenvalue weighted by molar-refractivity contribution is 0.0724. The Balaban J connectivity index is 1.80. The molecule has 2 rings (SSSR count). The van der Waals surface area contributed by atoms with E-state index < -0.39 is 0 Å². The van der Waals surface area contributed by atoms with Crippen LogP contribution in [-0.2, 0) is 0 Å². The monoisotopic (exact) mass is 226 g/mol. The van der Waals surface area contributed by atoms with E-state index in [0.29, 0.717) is 18.1 Å². The summed E-state index contributed by atoms with van der Waals surface area (Å²) in [6.45, 7) is 3.48. The third kappa shape index (κ3) is 2.96. The van der Waals surface area contributed by atoms with Crippen molar-refractivity contribution >= 4 is 0 Å². The molecule has 0 aromatic carbocycles. The van der Waals surface area contributed by atoms with Gasteiger partial charge in [-0.15, -0.1) is 0 Å². The molecule has 94 valence electrons. The first-order chi connectivity index (χ1) is 7.66. The first-order valence-electron chi connectivity index (χ1n) is 6.81. The molecular formula is C13H26N2O. The lowest BCUT2D eigenvalue weighted by Crippen LogP contribution is -2.52. The van der Waals surface area contributed by atoms with Gasteiger partial charge in [0, 0.05) is 18.1 Å². The molecule has 0 amide bonds. The van der Waals surface area contributed by atoms with Crippen LogP contribution >= 0.6 is 0 Å². The number of aliphatic hydroxyl groups is 1. The second-order valence-corrected chi connectivity index (χ2v) is 5.68. The Morgan fingerprint density at radius 3 is 2.62 bits per heavy atom. The summed E-state index contributed by atoms with van der Waals surface area (Å²) in [5.74, 6) is 0. The third-order valence-corrected chi connectivity index (χ3v) is 4.39. The van der Waals surface area contributed by atoms with Crippen molar-refractivity contribution in [3.05, 3.63) is 0 Å². The highest BCUT2D eigenvalue weighted by atomic mass is 16.3. The molecule has 2 N–H and O–H groups in total. The molecule has 0 radical (unpaired) electrons. The molecular weight excluding hydrogens is 200 g/mol. The van der Waals surface area contributed by atoms with Gasteiger partial charge in [0.2, 0.25) is 0 Å². The first kappa shape index (κ1) is 12.3. The molecule has 1 aliphatic heterocycles. The average molecular weight is 226 g/mol. The zero-order chi connectivity index (χ0) is 11.5. The molecule has 2 unspecified atom stereocenters. The van der Waals surface area contributed by atoms with Gasteiger partial charge in [0.25, 0.3) is 0 Å². The lowest BCUT2D eigenvalue weighted by Gasteiger charge is -2.39. The Labute approximate surface area is 99.2 Å². The van der Waals surface area contributed by atoms with Crippen LogP contribution in [0.1, 0.15) is 45.4 Å². The molecule has 1 saturated heterocycles. The van der Waals surface area contributed by atoms with Crippen LogP contribution in [0.25, 0.3) is 0 Å². The van der Waals surface area contributed by atoms with Crippen molar-refractivity contribution < 1.29 is 5.11 Å². The molecule has 0 aromatic rings. The van der Waals surface area contributed by atoms with E-state index in [1.165, 1.54) is 32.2 Å². The zero-order valence-corrected chi connectivity index (χ0v) is 10.7. The Bertz CT molecular complexity index is 222. The average Bonchev–Trinajstić information content (AvgIpc) is 2.27. The van der Waals surface area contributed by atoms with Crippen molar-refractivity contribution in [3.8, 4) is 0 Å². The largest absolute Gasteiger partial charge is 0.392 e. The molecule has 0 aromatic heterocycles. The second-order valence-electron chi connectivity index (χ2n) is 5.68. The summed E-state index contributed by atoms with van der Waals surface area (Å²) >= 11 is 0. The number of nitrogens with zero attached hydrogens (tertiary/aromatic N) is 1. The van der Waals surface area contributed by atoms with Crippen molar-refractivity contribution in [1.82, 2.24) is 10.2 Å². The van der Waals surface area contributed by atoms with Crippen LogP contribution in [0.5, 0.6) is 0 Å². The quantitative estimate of drug-likeness (QED) is 0.746. The Hall–Kier alpha value is -0.120. The SMILES string of the molecule is CC1CC(N[C@H]2CCCC[C@@H]2O)CCN1C. The molecule has 3 nitrogen and oxygen atoms in total. The fraction of sp³-hybridized carbons (Fsp3) is 1.00. The molecule has 3 heteroatoms. The van der Waals surface area contributed by atoms with Gasteiger partial charge in [0.05, 0.1) is 6.10 Å². The normalized spacial score (nSPS) is 42.2. The Kier molecular flexibility index (Phi) is 4.22. The van der Waals surface area contributed by atoms with E-state index in [2.05, 4.69) is 24.2 Å². The van der Waals surface area contributed by atoms with Crippen molar-refractivity contribution in [3.63, 3.8) is 0 Å². The van der Waals surface area contributed by atoms with Gasteiger partial charge in [-0.1, -0.05) is 12.8 Å². The van der Waals surface area contributed by atoms with Gasteiger partial charge >= 0.3 is 0 Å². The van der Waals surface area contributed by atoms with E-state index in [0.717, 1.165) is 12.8 Å². The van der Waals surface area contributed by atoms with Gasteiger partial charge in [-0.25, -0.2) is 0 Å². The highest BCUT2D eigenvalue weighted by Crippen LogP contribution is 2.22. The number of rotatable bonds is 2. The molecule has 2 fully saturated rings. The number of aliphatic hydroxyl groups excluding tert-OH is 1. The summed E-state index contributed by atoms with van der Waals surface area (Å²) < 4.78 is 0. The Morgan fingerprint density at radius 1 is 1.19 bits per heavy atom. The van der Waals surface area contributed by atoms with Gasteiger partial charge < -0.3 is 15.3 Å². The minimum Gasteiger partial charge on any atom is -0.392 e. The van der Waals surface area contributed by atoms with Crippen LogP contribution in [0, 0.1) is 0 Å². The molecule has 0 spiro atoms. The van der Waals surface area contributed by atoms with Crippen molar-refractivity contribution in [2.45, 2.75) is 69.7 Å². The molecule has 4 atom stereocenters. The van der Waals surface area contributed by atoms with Crippen LogP contribution in [0.2, 0.25) is 0 Å². The smallest absolute Gasteiger partial charge is 0.0693 e. The van der Waals surface area contributed by atoms with E-state index in [1.807, 2.05) is 0 Å². The number of likely N-dealkylation sites (tertiary alicyclic amines) is 1. The Morgan fingerprint density at radius 2 is 1.94 bits per heavy atom. The van der Waals surface area contributed by atoms with Crippen molar-refractivity contribution in [1.29, 1.82) is 0 Å². The highest BCUT2D eigenvalue weighted by Gasteiger charge is 2.28. The van der Waals surface area contributed by atoms with Crippen LogP contribution in [0.3, 0.4) is 0 Å². The minimum absolute atomic E-state index is 0.108. The zero-order valence-electron chi connectivity index (χ0n) is 10.7. The standard InChI is InChI=1S/C13H26N2O/c1-10-9-11(7-8-15(10)2)14-12-5-3-4-6-13(12)16/h10-14,16H,3-9H2,1-2H3/t10?,11?,12-,13-/m0/s1. The summed E-state index contributed by atoms with van der Waals surface area (Å²) in [6.07, 6.45) is 6.95. The van der Waals surface area contributed by atoms with Gasteiger partial charge in [-0.2, -0.15) is 0 Å². The topological polar surface area (TPSA) is 35.5 Å². The van der Waals surface area contributed by atoms with Crippen molar-refractivity contribution in [2.75, 3.05) is 13.6 Å². The molecule has 1 heterocycles. The van der Waals surface area contributed by atoms with Gasteiger partial charge in [-0.3, -0.25) is 0 Å². The maximum atomic E-state index is 9.94. The molecule has 2 aliphatic rings.